The van der Waals surface area contributed by atoms with Crippen molar-refractivity contribution in [3.8, 4) is 44.5 Å². The van der Waals surface area contributed by atoms with Gasteiger partial charge in [-0.05, 0) is 90.3 Å². The molecule has 1 heteroatoms. The van der Waals surface area contributed by atoms with Crippen molar-refractivity contribution in [3.63, 3.8) is 0 Å². The van der Waals surface area contributed by atoms with Crippen molar-refractivity contribution in [2.45, 2.75) is 0 Å². The molecule has 0 radical (unpaired) electrons. The van der Waals surface area contributed by atoms with E-state index in [-0.39, 0.29) is 29.7 Å². The van der Waals surface area contributed by atoms with Gasteiger partial charge in [-0.1, -0.05) is 145 Å². The Balaban J connectivity index is 1.43. The Morgan fingerprint density at radius 2 is 0.933 bits per heavy atom. The zero-order valence-electron chi connectivity index (χ0n) is 29.2. The van der Waals surface area contributed by atoms with Gasteiger partial charge in [-0.25, -0.2) is 0 Å². The largest absolute Gasteiger partial charge is 0.456 e. The lowest BCUT2D eigenvalue weighted by atomic mass is 9.83. The normalized spacial score (nSPS) is 13.1. The summed E-state index contributed by atoms with van der Waals surface area (Å²) in [5.74, 6) is 0. The summed E-state index contributed by atoms with van der Waals surface area (Å²) in [5.41, 5.74) is 8.11. The Labute approximate surface area is 268 Å². The first-order valence-corrected chi connectivity index (χ1v) is 15.0. The molecule has 1 nitrogen and oxygen atoms in total. The molecule has 0 amide bonds. The molecule has 210 valence electrons. The summed E-state index contributed by atoms with van der Waals surface area (Å²) in [7, 11) is 0. The summed E-state index contributed by atoms with van der Waals surface area (Å²) in [6.07, 6.45) is 0. The predicted molar refractivity (Wildman–Crippen MR) is 190 cm³/mol. The van der Waals surface area contributed by atoms with Gasteiger partial charge in [0.2, 0.25) is 0 Å². The topological polar surface area (TPSA) is 13.1 Å². The molecule has 0 spiro atoms. The van der Waals surface area contributed by atoms with Gasteiger partial charge >= 0.3 is 0 Å². The van der Waals surface area contributed by atoms with Crippen LogP contribution in [0.4, 0.5) is 0 Å². The molecule has 0 N–H and O–H groups in total. The molecule has 0 aliphatic rings. The van der Waals surface area contributed by atoms with E-state index in [1.165, 1.54) is 0 Å². The molecular weight excluding hydrogens is 544 g/mol. The standard InChI is InChI=1S/C44H28O/c1-3-14-29(15-4-1)31-18-13-19-32(26-31)43-34-21-7-9-23-36(34)44(37-24-10-8-22-35(37)43)40-27-39-33-20-11-12-25-41(33)45-42(39)28-38(40)30-16-5-2-6-17-30/h1-28H/i2D,5D,6D,16D,17D. The van der Waals surface area contributed by atoms with Crippen LogP contribution in [0.3, 0.4) is 0 Å². The van der Waals surface area contributed by atoms with Gasteiger partial charge in [-0.15, -0.1) is 0 Å². The van der Waals surface area contributed by atoms with E-state index in [1.54, 1.807) is 0 Å². The van der Waals surface area contributed by atoms with Crippen molar-refractivity contribution in [2.75, 3.05) is 0 Å². The maximum absolute atomic E-state index is 9.01. The number of furan rings is 1. The van der Waals surface area contributed by atoms with Crippen LogP contribution in [0.15, 0.2) is 174 Å². The molecule has 0 aliphatic carbocycles. The molecule has 45 heavy (non-hydrogen) atoms. The van der Waals surface area contributed by atoms with E-state index in [0.717, 1.165) is 71.3 Å². The lowest BCUT2D eigenvalue weighted by Gasteiger charge is -2.20. The fourth-order valence-electron chi connectivity index (χ4n) is 6.78. The van der Waals surface area contributed by atoms with Gasteiger partial charge < -0.3 is 4.42 Å². The van der Waals surface area contributed by atoms with Crippen LogP contribution in [-0.2, 0) is 0 Å². The Morgan fingerprint density at radius 1 is 0.356 bits per heavy atom. The third-order valence-electron chi connectivity index (χ3n) is 8.75. The van der Waals surface area contributed by atoms with E-state index >= 15 is 0 Å². The third kappa shape index (κ3) is 4.17. The Morgan fingerprint density at radius 3 is 1.64 bits per heavy atom. The quantitative estimate of drug-likeness (QED) is 0.190. The van der Waals surface area contributed by atoms with E-state index < -0.39 is 6.04 Å². The van der Waals surface area contributed by atoms with Crippen LogP contribution in [0.25, 0.3) is 88.0 Å². The highest BCUT2D eigenvalue weighted by Crippen LogP contribution is 2.48. The van der Waals surface area contributed by atoms with Gasteiger partial charge in [0.1, 0.15) is 11.2 Å². The predicted octanol–water partition coefficient (Wildman–Crippen LogP) is 12.6. The monoisotopic (exact) mass is 577 g/mol. The molecule has 8 aromatic carbocycles. The van der Waals surface area contributed by atoms with Gasteiger partial charge in [0, 0.05) is 10.8 Å². The molecule has 1 aromatic heterocycles. The van der Waals surface area contributed by atoms with Crippen molar-refractivity contribution in [1.29, 1.82) is 0 Å². The summed E-state index contributed by atoms with van der Waals surface area (Å²) >= 11 is 0. The number of hydrogen-bond acceptors (Lipinski definition) is 1. The second kappa shape index (κ2) is 10.4. The van der Waals surface area contributed by atoms with E-state index in [0.29, 0.717) is 11.1 Å². The highest BCUT2D eigenvalue weighted by molar-refractivity contribution is 6.23. The average Bonchev–Trinajstić information content (AvgIpc) is 3.53. The first-order valence-electron chi connectivity index (χ1n) is 17.5. The average molecular weight is 578 g/mol. The number of benzene rings is 8. The smallest absolute Gasteiger partial charge is 0.136 e. The lowest BCUT2D eigenvalue weighted by molar-refractivity contribution is 0.669. The minimum absolute atomic E-state index is 0.140. The summed E-state index contributed by atoms with van der Waals surface area (Å²) in [6.45, 7) is 0. The minimum Gasteiger partial charge on any atom is -0.456 e. The van der Waals surface area contributed by atoms with Crippen LogP contribution in [0.5, 0.6) is 0 Å². The number of hydrogen-bond donors (Lipinski definition) is 0. The van der Waals surface area contributed by atoms with Gasteiger partial charge in [-0.3, -0.25) is 0 Å². The summed E-state index contributed by atoms with van der Waals surface area (Å²) in [6, 6.07) is 45.8. The molecule has 0 fully saturated rings. The van der Waals surface area contributed by atoms with Crippen molar-refractivity contribution in [2.24, 2.45) is 0 Å². The zero-order chi connectivity index (χ0) is 34.1. The Kier molecular flexibility index (Phi) is 4.81. The highest BCUT2D eigenvalue weighted by atomic mass is 16.3. The maximum Gasteiger partial charge on any atom is 0.136 e. The van der Waals surface area contributed by atoms with Crippen molar-refractivity contribution >= 4 is 43.5 Å². The lowest BCUT2D eigenvalue weighted by Crippen LogP contribution is -1.93. The molecular formula is C44H28O. The summed E-state index contributed by atoms with van der Waals surface area (Å²) < 4.78 is 49.7. The van der Waals surface area contributed by atoms with Crippen LogP contribution in [0.1, 0.15) is 6.85 Å². The molecule has 1 heterocycles. The van der Waals surface area contributed by atoms with E-state index in [9.17, 15) is 0 Å². The van der Waals surface area contributed by atoms with Gasteiger partial charge in [0.15, 0.2) is 0 Å². The maximum atomic E-state index is 9.01. The molecule has 9 rings (SSSR count). The fraction of sp³-hybridized carbons (Fsp3) is 0. The number of rotatable bonds is 4. The number of fused-ring (bicyclic) bond motifs is 5. The van der Waals surface area contributed by atoms with Crippen LogP contribution >= 0.6 is 0 Å². The summed E-state index contributed by atoms with van der Waals surface area (Å²) in [4.78, 5) is 0. The van der Waals surface area contributed by atoms with Crippen molar-refractivity contribution in [3.05, 3.63) is 170 Å². The van der Waals surface area contributed by atoms with Gasteiger partial charge in [-0.2, -0.15) is 0 Å². The van der Waals surface area contributed by atoms with Gasteiger partial charge in [0.25, 0.3) is 0 Å². The van der Waals surface area contributed by atoms with E-state index in [4.69, 9.17) is 11.3 Å². The first-order chi connectivity index (χ1) is 24.4. The van der Waals surface area contributed by atoms with Gasteiger partial charge in [0.05, 0.1) is 6.85 Å². The molecule has 0 unspecified atom stereocenters. The van der Waals surface area contributed by atoms with Crippen LogP contribution in [0.2, 0.25) is 0 Å². The Bertz CT molecular complexity index is 2730. The fourth-order valence-corrected chi connectivity index (χ4v) is 6.78. The SMILES string of the molecule is [2H]c1c([2H])c([2H])c(-c2cc3oc4ccccc4c3cc2-c2c3ccccc3c(-c3cccc(-c4ccccc4)c3)c3ccccc23)c([2H])c1[2H]. The summed E-state index contributed by atoms with van der Waals surface area (Å²) in [5, 5.41) is 5.92. The second-order valence-corrected chi connectivity index (χ2v) is 11.3. The third-order valence-corrected chi connectivity index (χ3v) is 8.75. The molecule has 0 atom stereocenters. The van der Waals surface area contributed by atoms with Crippen molar-refractivity contribution in [1.82, 2.24) is 0 Å². The first kappa shape index (κ1) is 20.9. The van der Waals surface area contributed by atoms with E-state index in [1.807, 2.05) is 48.5 Å². The molecule has 0 saturated heterocycles. The molecule has 0 saturated carbocycles. The Hall–Kier alpha value is -5.92. The zero-order valence-corrected chi connectivity index (χ0v) is 24.2. The minimum atomic E-state index is -0.423. The van der Waals surface area contributed by atoms with Crippen LogP contribution in [0, 0.1) is 0 Å². The van der Waals surface area contributed by atoms with E-state index in [2.05, 4.69) is 91.0 Å². The second-order valence-electron chi connectivity index (χ2n) is 11.3. The van der Waals surface area contributed by atoms with Crippen molar-refractivity contribution < 1.29 is 11.3 Å². The highest BCUT2D eigenvalue weighted by Gasteiger charge is 2.21. The molecule has 0 aliphatic heterocycles. The van der Waals surface area contributed by atoms with Crippen LogP contribution < -0.4 is 0 Å². The van der Waals surface area contributed by atoms with Crippen LogP contribution in [-0.4, -0.2) is 0 Å². The molecule has 0 bridgehead atoms. The number of para-hydroxylation sites is 1. The molecule has 9 aromatic rings.